The molecule has 0 bridgehead atoms. The van der Waals surface area contributed by atoms with Crippen molar-refractivity contribution in [3.05, 3.63) is 62.6 Å². The van der Waals surface area contributed by atoms with Crippen LogP contribution in [0.4, 0.5) is 0 Å². The second kappa shape index (κ2) is 8.89. The van der Waals surface area contributed by atoms with Crippen LogP contribution < -0.4 is 4.74 Å². The predicted molar refractivity (Wildman–Crippen MR) is 95.2 cm³/mol. The Morgan fingerprint density at radius 2 is 1.65 bits per heavy atom. The lowest BCUT2D eigenvalue weighted by molar-refractivity contribution is -0.158. The summed E-state index contributed by atoms with van der Waals surface area (Å²) in [5.74, 6) is -5.02. The summed E-state index contributed by atoms with van der Waals surface area (Å²) in [5.41, 5.74) is 0.557. The van der Waals surface area contributed by atoms with Crippen molar-refractivity contribution in [2.24, 2.45) is 0 Å². The van der Waals surface area contributed by atoms with Crippen LogP contribution in [-0.4, -0.2) is 29.6 Å². The third kappa shape index (κ3) is 4.88. The molecule has 2 aromatic carbocycles. The van der Waals surface area contributed by atoms with Crippen LogP contribution in [0.15, 0.2) is 36.4 Å². The Balaban J connectivity index is 2.23. The standard InChI is InChI=1S/C17H11Cl3O6/c18-10-8-11(19)13(20)14(26-17(24)15(21)22)12(10)16(23)25-7-6-9-4-2-1-3-5-9/h1-5,8H,6-7H2,(H,21,22). The Bertz CT molecular complexity index is 851. The van der Waals surface area contributed by atoms with E-state index in [1.807, 2.05) is 30.3 Å². The van der Waals surface area contributed by atoms with Gasteiger partial charge in [0.15, 0.2) is 5.75 Å². The number of carboxylic acids is 1. The van der Waals surface area contributed by atoms with Gasteiger partial charge in [-0.05, 0) is 11.6 Å². The maximum Gasteiger partial charge on any atom is 0.422 e. The highest BCUT2D eigenvalue weighted by Crippen LogP contribution is 2.40. The van der Waals surface area contributed by atoms with Crippen molar-refractivity contribution >= 4 is 52.7 Å². The smallest absolute Gasteiger partial charge is 0.422 e. The number of halogens is 3. The molecule has 1 N–H and O–H groups in total. The molecule has 0 aliphatic carbocycles. The average Bonchev–Trinajstić information content (AvgIpc) is 2.60. The molecule has 0 saturated carbocycles. The normalized spacial score (nSPS) is 10.3. The Morgan fingerprint density at radius 3 is 2.27 bits per heavy atom. The molecule has 136 valence electrons. The molecule has 0 heterocycles. The fraction of sp³-hybridized carbons (Fsp3) is 0.118. The topological polar surface area (TPSA) is 89.9 Å². The molecule has 6 nitrogen and oxygen atoms in total. The van der Waals surface area contributed by atoms with Gasteiger partial charge in [0.1, 0.15) is 10.6 Å². The highest BCUT2D eigenvalue weighted by atomic mass is 35.5. The van der Waals surface area contributed by atoms with E-state index in [2.05, 4.69) is 4.74 Å². The second-order valence-electron chi connectivity index (χ2n) is 4.92. The van der Waals surface area contributed by atoms with Crippen LogP contribution in [0.2, 0.25) is 15.1 Å². The van der Waals surface area contributed by atoms with Crippen LogP contribution in [0.25, 0.3) is 0 Å². The third-order valence-corrected chi connectivity index (χ3v) is 4.24. The van der Waals surface area contributed by atoms with Crippen LogP contribution in [0.3, 0.4) is 0 Å². The number of rotatable bonds is 5. The van der Waals surface area contributed by atoms with Crippen molar-refractivity contribution in [1.82, 2.24) is 0 Å². The Labute approximate surface area is 163 Å². The minimum atomic E-state index is -1.87. The van der Waals surface area contributed by atoms with Crippen LogP contribution in [0.5, 0.6) is 5.75 Å². The number of carbonyl (C=O) groups is 3. The number of carbonyl (C=O) groups excluding carboxylic acids is 2. The van der Waals surface area contributed by atoms with Gasteiger partial charge in [-0.15, -0.1) is 0 Å². The van der Waals surface area contributed by atoms with Crippen LogP contribution >= 0.6 is 34.8 Å². The van der Waals surface area contributed by atoms with Gasteiger partial charge in [-0.25, -0.2) is 14.4 Å². The largest absolute Gasteiger partial charge is 0.473 e. The summed E-state index contributed by atoms with van der Waals surface area (Å²) < 4.78 is 9.77. The molecule has 0 unspecified atom stereocenters. The monoisotopic (exact) mass is 416 g/mol. The lowest BCUT2D eigenvalue weighted by atomic mass is 10.1. The summed E-state index contributed by atoms with van der Waals surface area (Å²) in [6, 6.07) is 10.4. The average molecular weight is 418 g/mol. The second-order valence-corrected chi connectivity index (χ2v) is 6.12. The fourth-order valence-electron chi connectivity index (χ4n) is 1.97. The Morgan fingerprint density at radius 1 is 1.00 bits per heavy atom. The lowest BCUT2D eigenvalue weighted by Crippen LogP contribution is -2.21. The molecule has 0 spiro atoms. The summed E-state index contributed by atoms with van der Waals surface area (Å²) in [4.78, 5) is 34.4. The number of aliphatic carboxylic acids is 1. The first-order valence-electron chi connectivity index (χ1n) is 7.15. The fourth-order valence-corrected chi connectivity index (χ4v) is 2.68. The number of benzene rings is 2. The van der Waals surface area contributed by atoms with E-state index in [1.165, 1.54) is 0 Å². The van der Waals surface area contributed by atoms with Crippen molar-refractivity contribution in [3.63, 3.8) is 0 Å². The zero-order valence-electron chi connectivity index (χ0n) is 13.0. The van der Waals surface area contributed by atoms with Crippen molar-refractivity contribution in [1.29, 1.82) is 0 Å². The molecule has 0 aliphatic heterocycles. The van der Waals surface area contributed by atoms with Crippen LogP contribution in [0, 0.1) is 0 Å². The summed E-state index contributed by atoms with van der Waals surface area (Å²) >= 11 is 17.7. The van der Waals surface area contributed by atoms with E-state index in [0.717, 1.165) is 11.6 Å². The van der Waals surface area contributed by atoms with Crippen molar-refractivity contribution in [3.8, 4) is 5.75 Å². The van der Waals surface area contributed by atoms with Gasteiger partial charge < -0.3 is 14.6 Å². The molecule has 2 rings (SSSR count). The van der Waals surface area contributed by atoms with Gasteiger partial charge in [0, 0.05) is 6.42 Å². The molecule has 0 aliphatic rings. The summed E-state index contributed by atoms with van der Waals surface area (Å²) in [7, 11) is 0. The number of ether oxygens (including phenoxy) is 2. The van der Waals surface area contributed by atoms with Gasteiger partial charge in [-0.2, -0.15) is 0 Å². The minimum absolute atomic E-state index is 0.0196. The van der Waals surface area contributed by atoms with Gasteiger partial charge in [0.05, 0.1) is 16.7 Å². The summed E-state index contributed by atoms with van der Waals surface area (Å²) in [6.07, 6.45) is 0.440. The molecule has 2 aromatic rings. The number of carboxylic acid groups (broad SMARTS) is 1. The SMILES string of the molecule is O=C(O)C(=O)Oc1c(Cl)c(Cl)cc(Cl)c1C(=O)OCCc1ccccc1. The third-order valence-electron chi connectivity index (χ3n) is 3.17. The lowest BCUT2D eigenvalue weighted by Gasteiger charge is -2.13. The van der Waals surface area contributed by atoms with Crippen LogP contribution in [-0.2, 0) is 20.7 Å². The van der Waals surface area contributed by atoms with Gasteiger partial charge in [-0.3, -0.25) is 0 Å². The highest BCUT2D eigenvalue weighted by Gasteiger charge is 2.27. The summed E-state index contributed by atoms with van der Waals surface area (Å²) in [5, 5.41) is 8.02. The van der Waals surface area contributed by atoms with Gasteiger partial charge in [0.25, 0.3) is 0 Å². The molecule has 0 atom stereocenters. The van der Waals surface area contributed by atoms with Gasteiger partial charge in [0.2, 0.25) is 0 Å². The molecular formula is C17H11Cl3O6. The number of hydrogen-bond acceptors (Lipinski definition) is 5. The predicted octanol–water partition coefficient (Wildman–Crippen LogP) is 4.04. The maximum atomic E-state index is 12.3. The molecule has 0 radical (unpaired) electrons. The molecular weight excluding hydrogens is 407 g/mol. The van der Waals surface area contributed by atoms with E-state index in [4.69, 9.17) is 44.6 Å². The minimum Gasteiger partial charge on any atom is -0.473 e. The molecule has 26 heavy (non-hydrogen) atoms. The first kappa shape index (κ1) is 20.0. The number of esters is 2. The van der Waals surface area contributed by atoms with Gasteiger partial charge >= 0.3 is 17.9 Å². The molecule has 0 fully saturated rings. The molecule has 0 amide bonds. The first-order chi connectivity index (χ1) is 12.3. The van der Waals surface area contributed by atoms with E-state index in [-0.39, 0.29) is 27.2 Å². The molecule has 0 saturated heterocycles. The van der Waals surface area contributed by atoms with E-state index in [9.17, 15) is 14.4 Å². The van der Waals surface area contributed by atoms with E-state index < -0.39 is 23.7 Å². The van der Waals surface area contributed by atoms with Crippen molar-refractivity contribution < 1.29 is 29.0 Å². The summed E-state index contributed by atoms with van der Waals surface area (Å²) in [6.45, 7) is 0.0196. The van der Waals surface area contributed by atoms with Gasteiger partial charge in [-0.1, -0.05) is 65.1 Å². The Hall–Kier alpha value is -2.28. The molecule has 9 heteroatoms. The van der Waals surface area contributed by atoms with Crippen molar-refractivity contribution in [2.75, 3.05) is 6.61 Å². The van der Waals surface area contributed by atoms with E-state index >= 15 is 0 Å². The quantitative estimate of drug-likeness (QED) is 0.342. The van der Waals surface area contributed by atoms with E-state index in [1.54, 1.807) is 0 Å². The maximum absolute atomic E-state index is 12.3. The highest BCUT2D eigenvalue weighted by molar-refractivity contribution is 6.45. The zero-order valence-corrected chi connectivity index (χ0v) is 15.3. The van der Waals surface area contributed by atoms with Crippen molar-refractivity contribution in [2.45, 2.75) is 6.42 Å². The first-order valence-corrected chi connectivity index (χ1v) is 8.28. The Kier molecular flexibility index (Phi) is 6.85. The number of hydrogen-bond donors (Lipinski definition) is 1. The zero-order chi connectivity index (χ0) is 19.3. The van der Waals surface area contributed by atoms with Crippen LogP contribution in [0.1, 0.15) is 15.9 Å². The van der Waals surface area contributed by atoms with E-state index in [0.29, 0.717) is 6.42 Å². The molecule has 0 aromatic heterocycles.